The number of ether oxygens (including phenoxy) is 1. The van der Waals surface area contributed by atoms with Gasteiger partial charge in [-0.05, 0) is 40.5 Å². The van der Waals surface area contributed by atoms with Crippen molar-refractivity contribution >= 4 is 21.8 Å². The van der Waals surface area contributed by atoms with Crippen LogP contribution in [-0.2, 0) is 0 Å². The summed E-state index contributed by atoms with van der Waals surface area (Å²) in [6.45, 7) is 5.78. The van der Waals surface area contributed by atoms with Gasteiger partial charge in [-0.2, -0.15) is 0 Å². The summed E-state index contributed by atoms with van der Waals surface area (Å²) in [5.74, 6) is 0.741. The van der Waals surface area contributed by atoms with Gasteiger partial charge in [-0.1, -0.05) is 6.92 Å². The summed E-state index contributed by atoms with van der Waals surface area (Å²) in [7, 11) is 1.62. The van der Waals surface area contributed by atoms with Gasteiger partial charge in [0, 0.05) is 24.4 Å². The molecule has 2 N–H and O–H groups in total. The molecule has 5 heteroatoms. The van der Waals surface area contributed by atoms with Crippen LogP contribution in [0.1, 0.15) is 36.5 Å². The molecule has 0 atom stereocenters. The first kappa shape index (κ1) is 16.3. The van der Waals surface area contributed by atoms with Gasteiger partial charge in [0.05, 0.1) is 31.2 Å². The highest BCUT2D eigenvalue weighted by Crippen LogP contribution is 2.25. The Hall–Kier alpha value is -1.07. The van der Waals surface area contributed by atoms with Gasteiger partial charge in [-0.25, -0.2) is 0 Å². The van der Waals surface area contributed by atoms with Gasteiger partial charge in [0.2, 0.25) is 0 Å². The molecule has 1 amide bonds. The summed E-state index contributed by atoms with van der Waals surface area (Å²) >= 11 is 3.42. The number of likely N-dealkylation sites (tertiary alicyclic amines) is 1. The zero-order chi connectivity index (χ0) is 15.2. The van der Waals surface area contributed by atoms with E-state index < -0.39 is 0 Å². The second-order valence-corrected chi connectivity index (χ2v) is 6.45. The number of benzene rings is 1. The largest absolute Gasteiger partial charge is 0.496 e. The number of methoxy groups -OCH3 is 1. The van der Waals surface area contributed by atoms with Crippen molar-refractivity contribution in [3.05, 3.63) is 28.2 Å². The Balaban J connectivity index is 1.89. The van der Waals surface area contributed by atoms with Crippen LogP contribution in [0.4, 0.5) is 0 Å². The minimum absolute atomic E-state index is 0.00212. The Labute approximate surface area is 135 Å². The van der Waals surface area contributed by atoms with Crippen molar-refractivity contribution < 1.29 is 14.4 Å². The first-order chi connectivity index (χ1) is 10.1. The number of piperidine rings is 1. The number of rotatable bonds is 5. The maximum atomic E-state index is 12.3. The lowest BCUT2D eigenvalue weighted by Crippen LogP contribution is -3.13. The Bertz CT molecular complexity index is 485. The summed E-state index contributed by atoms with van der Waals surface area (Å²) in [5, 5.41) is 3.15. The molecular formula is C16H24BrN2O2+. The molecule has 0 spiro atoms. The lowest BCUT2D eigenvalue weighted by atomic mass is 10.0. The molecular weight excluding hydrogens is 332 g/mol. The molecule has 0 radical (unpaired) electrons. The van der Waals surface area contributed by atoms with Gasteiger partial charge in [0.25, 0.3) is 5.91 Å². The van der Waals surface area contributed by atoms with E-state index in [1.54, 1.807) is 18.1 Å². The fourth-order valence-corrected chi connectivity index (χ4v) is 3.39. The third-order valence-corrected chi connectivity index (χ3v) is 4.67. The van der Waals surface area contributed by atoms with E-state index >= 15 is 0 Å². The molecule has 1 aromatic carbocycles. The number of quaternary nitrogens is 1. The van der Waals surface area contributed by atoms with Crippen LogP contribution in [0.15, 0.2) is 22.7 Å². The van der Waals surface area contributed by atoms with Gasteiger partial charge in [-0.3, -0.25) is 4.79 Å². The fourth-order valence-electron chi connectivity index (χ4n) is 2.85. The quantitative estimate of drug-likeness (QED) is 0.843. The molecule has 0 aromatic heterocycles. The van der Waals surface area contributed by atoms with E-state index in [4.69, 9.17) is 4.74 Å². The summed E-state index contributed by atoms with van der Waals surface area (Å²) < 4.78 is 5.99. The number of hydrogen-bond donors (Lipinski definition) is 2. The van der Waals surface area contributed by atoms with Crippen LogP contribution in [0, 0.1) is 0 Å². The number of halogens is 1. The molecule has 1 aromatic rings. The summed E-state index contributed by atoms with van der Waals surface area (Å²) in [6.07, 6.45) is 3.36. The van der Waals surface area contributed by atoms with Gasteiger partial charge >= 0.3 is 0 Å². The van der Waals surface area contributed by atoms with Gasteiger partial charge < -0.3 is 15.0 Å². The molecule has 1 saturated heterocycles. The smallest absolute Gasteiger partial charge is 0.251 e. The second-order valence-electron chi connectivity index (χ2n) is 5.60. The van der Waals surface area contributed by atoms with E-state index in [0.29, 0.717) is 11.6 Å². The van der Waals surface area contributed by atoms with E-state index in [2.05, 4.69) is 28.2 Å². The van der Waals surface area contributed by atoms with Crippen LogP contribution in [0.25, 0.3) is 0 Å². The topological polar surface area (TPSA) is 42.8 Å². The van der Waals surface area contributed by atoms with E-state index in [1.165, 1.54) is 13.0 Å². The zero-order valence-corrected chi connectivity index (χ0v) is 14.3. The van der Waals surface area contributed by atoms with E-state index in [-0.39, 0.29) is 5.91 Å². The summed E-state index contributed by atoms with van der Waals surface area (Å²) in [6, 6.07) is 5.73. The molecule has 1 heterocycles. The normalized spacial score (nSPS) is 21.9. The highest BCUT2D eigenvalue weighted by atomic mass is 79.9. The predicted octanol–water partition coefficient (Wildman–Crippen LogP) is 1.64. The SMILES string of the molecule is CCC[NH+]1CCC(NC(=O)c2ccc(OC)c(Br)c2)CC1. The number of hydrogen-bond acceptors (Lipinski definition) is 2. The third kappa shape index (κ3) is 4.45. The molecule has 0 bridgehead atoms. The van der Waals surface area contributed by atoms with Crippen LogP contribution >= 0.6 is 15.9 Å². The van der Waals surface area contributed by atoms with Crippen molar-refractivity contribution in [3.8, 4) is 5.75 Å². The maximum Gasteiger partial charge on any atom is 0.251 e. The Morgan fingerprint density at radius 1 is 1.43 bits per heavy atom. The Kier molecular flexibility index (Phi) is 6.06. The predicted molar refractivity (Wildman–Crippen MR) is 87.0 cm³/mol. The number of carbonyl (C=O) groups excluding carboxylic acids is 1. The number of nitrogens with one attached hydrogen (secondary N) is 2. The molecule has 2 rings (SSSR count). The molecule has 1 aliphatic heterocycles. The van der Waals surface area contributed by atoms with Crippen LogP contribution in [0.3, 0.4) is 0 Å². The zero-order valence-electron chi connectivity index (χ0n) is 12.7. The van der Waals surface area contributed by atoms with Gasteiger partial charge in [-0.15, -0.1) is 0 Å². The average Bonchev–Trinajstić information content (AvgIpc) is 2.49. The minimum atomic E-state index is 0.00212. The molecule has 21 heavy (non-hydrogen) atoms. The van der Waals surface area contributed by atoms with E-state index in [0.717, 1.165) is 36.2 Å². The third-order valence-electron chi connectivity index (χ3n) is 4.05. The average molecular weight is 356 g/mol. The van der Waals surface area contributed by atoms with Gasteiger partial charge in [0.1, 0.15) is 5.75 Å². The van der Waals surface area contributed by atoms with Crippen LogP contribution < -0.4 is 15.0 Å². The van der Waals surface area contributed by atoms with Crippen molar-refractivity contribution in [2.24, 2.45) is 0 Å². The lowest BCUT2D eigenvalue weighted by molar-refractivity contribution is -0.905. The lowest BCUT2D eigenvalue weighted by Gasteiger charge is -2.29. The van der Waals surface area contributed by atoms with E-state index in [9.17, 15) is 4.79 Å². The maximum absolute atomic E-state index is 12.3. The molecule has 1 fully saturated rings. The van der Waals surface area contributed by atoms with Gasteiger partial charge in [0.15, 0.2) is 0 Å². The first-order valence-electron chi connectivity index (χ1n) is 7.62. The Morgan fingerprint density at radius 2 is 2.14 bits per heavy atom. The van der Waals surface area contributed by atoms with Crippen molar-refractivity contribution in [2.75, 3.05) is 26.7 Å². The molecule has 0 aliphatic carbocycles. The standard InChI is InChI=1S/C16H23BrN2O2/c1-3-8-19-9-6-13(7-10-19)18-16(20)12-4-5-15(21-2)14(17)11-12/h4-5,11,13H,3,6-10H2,1-2H3,(H,18,20)/p+1. The monoisotopic (exact) mass is 355 g/mol. The summed E-state index contributed by atoms with van der Waals surface area (Å²) in [4.78, 5) is 14.0. The molecule has 0 saturated carbocycles. The van der Waals surface area contributed by atoms with Crippen molar-refractivity contribution in [1.29, 1.82) is 0 Å². The summed E-state index contributed by atoms with van der Waals surface area (Å²) in [5.41, 5.74) is 0.672. The number of carbonyl (C=O) groups is 1. The second kappa shape index (κ2) is 7.80. The van der Waals surface area contributed by atoms with Crippen LogP contribution in [0.2, 0.25) is 0 Å². The Morgan fingerprint density at radius 3 is 2.71 bits per heavy atom. The molecule has 1 aliphatic rings. The van der Waals surface area contributed by atoms with Crippen molar-refractivity contribution in [2.45, 2.75) is 32.2 Å². The molecule has 4 nitrogen and oxygen atoms in total. The van der Waals surface area contributed by atoms with Crippen LogP contribution in [0.5, 0.6) is 5.75 Å². The van der Waals surface area contributed by atoms with Crippen molar-refractivity contribution in [3.63, 3.8) is 0 Å². The molecule has 116 valence electrons. The first-order valence-corrected chi connectivity index (χ1v) is 8.41. The highest BCUT2D eigenvalue weighted by molar-refractivity contribution is 9.10. The fraction of sp³-hybridized carbons (Fsp3) is 0.562. The number of amides is 1. The minimum Gasteiger partial charge on any atom is -0.496 e. The van der Waals surface area contributed by atoms with Crippen molar-refractivity contribution in [1.82, 2.24) is 5.32 Å². The van der Waals surface area contributed by atoms with Crippen LogP contribution in [-0.4, -0.2) is 38.7 Å². The van der Waals surface area contributed by atoms with E-state index in [1.807, 2.05) is 12.1 Å². The highest BCUT2D eigenvalue weighted by Gasteiger charge is 2.23. The molecule has 0 unspecified atom stereocenters.